The maximum Gasteiger partial charge on any atom is 0.160 e. The third-order valence-electron chi connectivity index (χ3n) is 11.1. The van der Waals surface area contributed by atoms with E-state index in [1.807, 2.05) is 18.2 Å². The SMILES string of the molecule is c1ccc(-c2ccc(N(c3ccc(-c4ccc(-c5ccccc5)c5oc6ccccc6c45)cc3)c3ccc(-c4ccccc4)c4c3oc3ccccc34)cc2)cc1. The van der Waals surface area contributed by atoms with Crippen molar-refractivity contribution < 1.29 is 8.83 Å². The lowest BCUT2D eigenvalue weighted by atomic mass is 9.94. The molecule has 268 valence electrons. The number of hydrogen-bond donors (Lipinski definition) is 0. The lowest BCUT2D eigenvalue weighted by molar-refractivity contribution is 0.669. The zero-order chi connectivity index (χ0) is 37.7. The number of furan rings is 2. The summed E-state index contributed by atoms with van der Waals surface area (Å²) in [4.78, 5) is 2.32. The molecule has 0 aliphatic heterocycles. The van der Waals surface area contributed by atoms with Gasteiger partial charge in [-0.2, -0.15) is 0 Å². The Balaban J connectivity index is 1.10. The fourth-order valence-electron chi connectivity index (χ4n) is 8.41. The van der Waals surface area contributed by atoms with Crippen LogP contribution in [0.3, 0.4) is 0 Å². The lowest BCUT2D eigenvalue weighted by Gasteiger charge is -2.26. The summed E-state index contributed by atoms with van der Waals surface area (Å²) < 4.78 is 13.4. The fourth-order valence-corrected chi connectivity index (χ4v) is 8.41. The molecule has 57 heavy (non-hydrogen) atoms. The smallest absolute Gasteiger partial charge is 0.160 e. The molecule has 0 saturated heterocycles. The van der Waals surface area contributed by atoms with Crippen molar-refractivity contribution in [2.75, 3.05) is 4.90 Å². The van der Waals surface area contributed by atoms with E-state index >= 15 is 0 Å². The highest BCUT2D eigenvalue weighted by molar-refractivity contribution is 6.18. The number of para-hydroxylation sites is 2. The quantitative estimate of drug-likeness (QED) is 0.164. The van der Waals surface area contributed by atoms with E-state index < -0.39 is 0 Å². The molecular weight excluding hydrogens is 695 g/mol. The number of nitrogens with zero attached hydrogens (tertiary/aromatic N) is 1. The van der Waals surface area contributed by atoms with Gasteiger partial charge in [0, 0.05) is 38.5 Å². The zero-order valence-corrected chi connectivity index (χ0v) is 31.0. The normalized spacial score (nSPS) is 11.5. The molecule has 11 aromatic rings. The molecule has 3 heteroatoms. The van der Waals surface area contributed by atoms with Crippen LogP contribution in [0.25, 0.3) is 88.4 Å². The molecule has 2 heterocycles. The summed E-state index contributed by atoms with van der Waals surface area (Å²) in [5.41, 5.74) is 15.6. The second-order valence-corrected chi connectivity index (χ2v) is 14.4. The summed E-state index contributed by atoms with van der Waals surface area (Å²) in [6, 6.07) is 74.9. The zero-order valence-electron chi connectivity index (χ0n) is 31.0. The van der Waals surface area contributed by atoms with Gasteiger partial charge >= 0.3 is 0 Å². The molecule has 11 rings (SSSR count). The third kappa shape index (κ3) is 5.60. The molecule has 0 saturated carbocycles. The summed E-state index contributed by atoms with van der Waals surface area (Å²) in [7, 11) is 0. The van der Waals surface area contributed by atoms with Crippen LogP contribution in [0.1, 0.15) is 0 Å². The Kier molecular flexibility index (Phi) is 7.82. The maximum absolute atomic E-state index is 6.83. The number of hydrogen-bond acceptors (Lipinski definition) is 3. The van der Waals surface area contributed by atoms with E-state index in [1.54, 1.807) is 0 Å². The van der Waals surface area contributed by atoms with Crippen molar-refractivity contribution in [3.63, 3.8) is 0 Å². The third-order valence-corrected chi connectivity index (χ3v) is 11.1. The van der Waals surface area contributed by atoms with E-state index in [-0.39, 0.29) is 0 Å². The van der Waals surface area contributed by atoms with Gasteiger partial charge in [-0.15, -0.1) is 0 Å². The molecule has 0 radical (unpaired) electrons. The van der Waals surface area contributed by atoms with E-state index in [2.05, 4.69) is 199 Å². The minimum Gasteiger partial charge on any atom is -0.455 e. The molecule has 0 fully saturated rings. The highest BCUT2D eigenvalue weighted by Gasteiger charge is 2.23. The molecule has 0 bridgehead atoms. The van der Waals surface area contributed by atoms with Gasteiger partial charge in [0.1, 0.15) is 16.7 Å². The molecular formula is C54H35NO2. The van der Waals surface area contributed by atoms with Crippen LogP contribution in [0.15, 0.2) is 221 Å². The van der Waals surface area contributed by atoms with Crippen LogP contribution in [-0.2, 0) is 0 Å². The molecule has 0 N–H and O–H groups in total. The molecule has 3 nitrogen and oxygen atoms in total. The number of anilines is 3. The molecule has 0 atom stereocenters. The first-order valence-electron chi connectivity index (χ1n) is 19.3. The average Bonchev–Trinajstić information content (AvgIpc) is 3.88. The topological polar surface area (TPSA) is 29.5 Å². The summed E-state index contributed by atoms with van der Waals surface area (Å²) in [5, 5.41) is 4.42. The Morgan fingerprint density at radius 2 is 0.667 bits per heavy atom. The van der Waals surface area contributed by atoms with Gasteiger partial charge in [0.05, 0.1) is 5.69 Å². The van der Waals surface area contributed by atoms with Gasteiger partial charge in [0.15, 0.2) is 5.58 Å². The van der Waals surface area contributed by atoms with E-state index in [0.717, 1.165) is 94.3 Å². The monoisotopic (exact) mass is 729 g/mol. The highest BCUT2D eigenvalue weighted by atomic mass is 16.3. The van der Waals surface area contributed by atoms with Gasteiger partial charge in [0.2, 0.25) is 0 Å². The number of fused-ring (bicyclic) bond motifs is 6. The summed E-state index contributed by atoms with van der Waals surface area (Å²) >= 11 is 0. The van der Waals surface area contributed by atoms with E-state index in [4.69, 9.17) is 8.83 Å². The number of benzene rings is 9. The van der Waals surface area contributed by atoms with E-state index in [9.17, 15) is 0 Å². The first kappa shape index (κ1) is 32.8. The Bertz CT molecular complexity index is 3200. The molecule has 0 amide bonds. The first-order chi connectivity index (χ1) is 28.3. The lowest BCUT2D eigenvalue weighted by Crippen LogP contribution is -2.10. The first-order valence-corrected chi connectivity index (χ1v) is 19.3. The highest BCUT2D eigenvalue weighted by Crippen LogP contribution is 2.47. The Morgan fingerprint density at radius 3 is 1.25 bits per heavy atom. The fraction of sp³-hybridized carbons (Fsp3) is 0. The van der Waals surface area contributed by atoms with Gasteiger partial charge in [-0.3, -0.25) is 0 Å². The van der Waals surface area contributed by atoms with Crippen LogP contribution in [0, 0.1) is 0 Å². The Labute approximate surface area is 330 Å². The minimum atomic E-state index is 0.844. The second kappa shape index (κ2) is 13.6. The van der Waals surface area contributed by atoms with Crippen LogP contribution in [0.2, 0.25) is 0 Å². The Hall–Kier alpha value is -7.62. The van der Waals surface area contributed by atoms with Crippen molar-refractivity contribution in [1.82, 2.24) is 0 Å². The van der Waals surface area contributed by atoms with Crippen LogP contribution in [0.4, 0.5) is 17.1 Å². The molecule has 0 spiro atoms. The molecule has 0 aliphatic rings. The summed E-state index contributed by atoms with van der Waals surface area (Å²) in [5.74, 6) is 0. The van der Waals surface area contributed by atoms with Crippen LogP contribution in [-0.4, -0.2) is 0 Å². The molecule has 9 aromatic carbocycles. The van der Waals surface area contributed by atoms with Crippen molar-refractivity contribution in [2.24, 2.45) is 0 Å². The van der Waals surface area contributed by atoms with Crippen molar-refractivity contribution >= 4 is 60.9 Å². The van der Waals surface area contributed by atoms with Crippen LogP contribution < -0.4 is 4.90 Å². The van der Waals surface area contributed by atoms with E-state index in [1.165, 1.54) is 11.1 Å². The molecule has 0 unspecified atom stereocenters. The van der Waals surface area contributed by atoms with Crippen molar-refractivity contribution in [3.05, 3.63) is 212 Å². The maximum atomic E-state index is 6.83. The molecule has 2 aromatic heterocycles. The minimum absolute atomic E-state index is 0.844. The van der Waals surface area contributed by atoms with Crippen molar-refractivity contribution in [1.29, 1.82) is 0 Å². The van der Waals surface area contributed by atoms with Crippen molar-refractivity contribution in [3.8, 4) is 44.5 Å². The second-order valence-electron chi connectivity index (χ2n) is 14.4. The Morgan fingerprint density at radius 1 is 0.281 bits per heavy atom. The predicted molar refractivity (Wildman–Crippen MR) is 237 cm³/mol. The van der Waals surface area contributed by atoms with Gasteiger partial charge in [-0.05, 0) is 87.5 Å². The predicted octanol–water partition coefficient (Wildman–Crippen LogP) is 15.6. The number of rotatable bonds is 7. The van der Waals surface area contributed by atoms with Gasteiger partial charge < -0.3 is 13.7 Å². The van der Waals surface area contributed by atoms with Gasteiger partial charge in [0.25, 0.3) is 0 Å². The van der Waals surface area contributed by atoms with Crippen LogP contribution >= 0.6 is 0 Å². The standard InChI is InChI=1S/C54H35NO2/c1-4-14-36(15-5-1)37-24-28-41(29-25-37)55(48-35-34-44(38-16-6-2-7-17-38)52-47-21-11-13-23-50(47)57-54(48)52)42-30-26-40(27-31-42)43-32-33-45(39-18-8-3-9-19-39)53-51(43)46-20-10-12-22-49(46)56-53/h1-35H. The summed E-state index contributed by atoms with van der Waals surface area (Å²) in [6.45, 7) is 0. The molecule has 0 aliphatic carbocycles. The van der Waals surface area contributed by atoms with Crippen LogP contribution in [0.5, 0.6) is 0 Å². The van der Waals surface area contributed by atoms with E-state index in [0.29, 0.717) is 0 Å². The summed E-state index contributed by atoms with van der Waals surface area (Å²) in [6.07, 6.45) is 0. The largest absolute Gasteiger partial charge is 0.455 e. The average molecular weight is 730 g/mol. The van der Waals surface area contributed by atoms with Gasteiger partial charge in [-0.1, -0.05) is 164 Å². The van der Waals surface area contributed by atoms with Crippen molar-refractivity contribution in [2.45, 2.75) is 0 Å². The van der Waals surface area contributed by atoms with Gasteiger partial charge in [-0.25, -0.2) is 0 Å².